The molecule has 3 aromatic rings. The summed E-state index contributed by atoms with van der Waals surface area (Å²) in [5.74, 6) is 0.198. The van der Waals surface area contributed by atoms with Gasteiger partial charge in [0.25, 0.3) is 11.6 Å². The van der Waals surface area contributed by atoms with E-state index in [1.165, 1.54) is 17.0 Å². The first-order valence-electron chi connectivity index (χ1n) is 13.1. The lowest BCUT2D eigenvalue weighted by Gasteiger charge is -2.38. The second-order valence-electron chi connectivity index (χ2n) is 11.1. The Balaban J connectivity index is 1.85. The van der Waals surface area contributed by atoms with Crippen LogP contribution in [0, 0.1) is 16.0 Å². The molecule has 1 aromatic heterocycles. The molecule has 0 bridgehead atoms. The number of nitro benzene ring substituents is 1. The Morgan fingerprint density at radius 3 is 2.42 bits per heavy atom. The van der Waals surface area contributed by atoms with E-state index in [1.807, 2.05) is 77.2 Å². The van der Waals surface area contributed by atoms with E-state index in [-0.39, 0.29) is 34.6 Å². The summed E-state index contributed by atoms with van der Waals surface area (Å²) in [5, 5.41) is 11.1. The summed E-state index contributed by atoms with van der Waals surface area (Å²) in [4.78, 5) is 41.1. The van der Waals surface area contributed by atoms with Crippen LogP contribution in [0.4, 0.5) is 5.69 Å². The minimum absolute atomic E-state index is 0.0246. The van der Waals surface area contributed by atoms with Crippen molar-refractivity contribution < 1.29 is 19.2 Å². The lowest BCUT2D eigenvalue weighted by atomic mass is 10.0. The minimum Gasteiger partial charge on any atom is -0.497 e. The first-order valence-corrected chi connectivity index (χ1v) is 13.5. The molecule has 2 aromatic carbocycles. The van der Waals surface area contributed by atoms with Crippen LogP contribution in [0.5, 0.6) is 5.75 Å². The molecule has 0 fully saturated rings. The molecule has 0 saturated carbocycles. The molecule has 9 nitrogen and oxygen atoms in total. The number of aromatic nitrogens is 1. The van der Waals surface area contributed by atoms with E-state index in [4.69, 9.17) is 16.3 Å². The Morgan fingerprint density at radius 1 is 1.10 bits per heavy atom. The minimum atomic E-state index is -0.569. The average molecular weight is 569 g/mol. The normalized spacial score (nSPS) is 11.4. The first-order chi connectivity index (χ1) is 18.8. The molecular weight excluding hydrogens is 532 g/mol. The van der Waals surface area contributed by atoms with Gasteiger partial charge < -0.3 is 19.1 Å². The molecule has 0 N–H and O–H groups in total. The molecule has 0 aliphatic rings. The van der Waals surface area contributed by atoms with Crippen molar-refractivity contribution in [2.24, 2.45) is 5.92 Å². The van der Waals surface area contributed by atoms with Gasteiger partial charge in [-0.05, 0) is 62.6 Å². The number of benzene rings is 2. The van der Waals surface area contributed by atoms with Crippen molar-refractivity contribution >= 4 is 29.1 Å². The highest BCUT2D eigenvalue weighted by Gasteiger charge is 2.31. The molecular formula is C30H37ClN4O5. The number of hydrogen-bond donors (Lipinski definition) is 0. The Labute approximate surface area is 240 Å². The maximum Gasteiger partial charge on any atom is 0.270 e. The number of non-ortho nitro benzene ring substituents is 1. The van der Waals surface area contributed by atoms with Crippen LogP contribution < -0.4 is 4.74 Å². The van der Waals surface area contributed by atoms with E-state index in [2.05, 4.69) is 4.57 Å². The largest absolute Gasteiger partial charge is 0.497 e. The number of rotatable bonds is 11. The zero-order valence-corrected chi connectivity index (χ0v) is 24.6. The van der Waals surface area contributed by atoms with Gasteiger partial charge in [-0.3, -0.25) is 19.7 Å². The van der Waals surface area contributed by atoms with Gasteiger partial charge in [0.2, 0.25) is 5.91 Å². The van der Waals surface area contributed by atoms with Crippen molar-refractivity contribution in [3.63, 3.8) is 0 Å². The topological polar surface area (TPSA) is 97.9 Å². The predicted molar refractivity (Wildman–Crippen MR) is 156 cm³/mol. The summed E-state index contributed by atoms with van der Waals surface area (Å²) >= 11 is 6.26. The lowest BCUT2D eigenvalue weighted by molar-refractivity contribution is -0.384. The monoisotopic (exact) mass is 568 g/mol. The predicted octanol–water partition coefficient (Wildman–Crippen LogP) is 6.03. The first kappa shape index (κ1) is 30.7. The second-order valence-corrected chi connectivity index (χ2v) is 11.5. The zero-order chi connectivity index (χ0) is 29.6. The third-order valence-electron chi connectivity index (χ3n) is 6.43. The van der Waals surface area contributed by atoms with Crippen LogP contribution in [-0.4, -0.2) is 56.8 Å². The van der Waals surface area contributed by atoms with Crippen molar-refractivity contribution in [1.29, 1.82) is 0 Å². The van der Waals surface area contributed by atoms with Gasteiger partial charge in [0.05, 0.1) is 29.2 Å². The van der Waals surface area contributed by atoms with E-state index < -0.39 is 16.4 Å². The number of nitro groups is 1. The Kier molecular flexibility index (Phi) is 9.98. The molecule has 0 radical (unpaired) electrons. The highest BCUT2D eigenvalue weighted by atomic mass is 35.5. The molecule has 40 heavy (non-hydrogen) atoms. The number of halogens is 1. The summed E-state index contributed by atoms with van der Waals surface area (Å²) in [6.45, 7) is 10.9. The summed E-state index contributed by atoms with van der Waals surface area (Å²) in [6, 6.07) is 15.5. The van der Waals surface area contributed by atoms with Gasteiger partial charge in [-0.2, -0.15) is 0 Å². The van der Waals surface area contributed by atoms with Crippen LogP contribution in [0.1, 0.15) is 56.2 Å². The molecule has 0 spiro atoms. The van der Waals surface area contributed by atoms with Gasteiger partial charge in [0, 0.05) is 42.7 Å². The van der Waals surface area contributed by atoms with Gasteiger partial charge in [-0.1, -0.05) is 37.6 Å². The number of ether oxygens (including phenoxy) is 1. The van der Waals surface area contributed by atoms with Crippen LogP contribution in [0.15, 0.2) is 60.8 Å². The maximum atomic E-state index is 13.8. The zero-order valence-electron chi connectivity index (χ0n) is 23.9. The number of carbonyl (C=O) groups is 2. The van der Waals surface area contributed by atoms with Gasteiger partial charge >= 0.3 is 0 Å². The highest BCUT2D eigenvalue weighted by Crippen LogP contribution is 2.25. The number of nitrogens with zero attached hydrogens (tertiary/aromatic N) is 4. The molecule has 2 amide bonds. The fraction of sp³-hybridized carbons (Fsp3) is 0.400. The Morgan fingerprint density at radius 2 is 1.82 bits per heavy atom. The van der Waals surface area contributed by atoms with Gasteiger partial charge in [0.1, 0.15) is 12.3 Å². The second kappa shape index (κ2) is 13.0. The van der Waals surface area contributed by atoms with E-state index in [0.29, 0.717) is 19.6 Å². The number of methoxy groups -OCH3 is 1. The van der Waals surface area contributed by atoms with Crippen LogP contribution in [0.25, 0.3) is 0 Å². The fourth-order valence-electron chi connectivity index (χ4n) is 4.45. The van der Waals surface area contributed by atoms with Crippen molar-refractivity contribution in [2.45, 2.75) is 53.2 Å². The molecule has 214 valence electrons. The van der Waals surface area contributed by atoms with Crippen molar-refractivity contribution in [2.75, 3.05) is 20.2 Å². The highest BCUT2D eigenvalue weighted by molar-refractivity contribution is 6.34. The Hall–Kier alpha value is -3.85. The number of hydrogen-bond acceptors (Lipinski definition) is 5. The third-order valence-corrected chi connectivity index (χ3v) is 6.75. The molecule has 0 aliphatic heterocycles. The van der Waals surface area contributed by atoms with Crippen molar-refractivity contribution in [3.05, 3.63) is 92.8 Å². The van der Waals surface area contributed by atoms with Crippen LogP contribution in [-0.2, 0) is 17.9 Å². The number of carbonyl (C=O) groups excluding carboxylic acids is 2. The maximum absolute atomic E-state index is 13.8. The summed E-state index contributed by atoms with van der Waals surface area (Å²) in [7, 11) is 1.63. The SMILES string of the molecule is COc1cccc(Cn2cccc2CN(C(=O)CN(CC(C)C)C(=O)c2ccc([N+](=O)[O-])cc2Cl)C(C)(C)C)c1. The van der Waals surface area contributed by atoms with E-state index in [0.717, 1.165) is 23.1 Å². The smallest absolute Gasteiger partial charge is 0.270 e. The summed E-state index contributed by atoms with van der Waals surface area (Å²) in [6.07, 6.45) is 1.98. The molecule has 0 atom stereocenters. The molecule has 1 heterocycles. The van der Waals surface area contributed by atoms with Gasteiger partial charge in [-0.25, -0.2) is 0 Å². The lowest BCUT2D eigenvalue weighted by Crippen LogP contribution is -2.51. The quantitative estimate of drug-likeness (QED) is 0.208. The van der Waals surface area contributed by atoms with E-state index in [9.17, 15) is 19.7 Å². The molecule has 10 heteroatoms. The standard InChI is InChI=1S/C30H37ClN4O5/c1-21(2)17-33(29(37)26-13-12-23(35(38)39)16-27(26)31)20-28(36)34(30(3,4)5)19-24-10-8-14-32(24)18-22-9-7-11-25(15-22)40-6/h7-16,21H,17-20H2,1-6H3. The van der Waals surface area contributed by atoms with Gasteiger partial charge in [-0.15, -0.1) is 0 Å². The average Bonchev–Trinajstić information content (AvgIpc) is 3.31. The van der Waals surface area contributed by atoms with Crippen LogP contribution in [0.2, 0.25) is 5.02 Å². The van der Waals surface area contributed by atoms with Crippen molar-refractivity contribution in [1.82, 2.24) is 14.4 Å². The number of amides is 2. The molecule has 0 aliphatic carbocycles. The van der Waals surface area contributed by atoms with Crippen LogP contribution in [0.3, 0.4) is 0 Å². The molecule has 3 rings (SSSR count). The van der Waals surface area contributed by atoms with E-state index in [1.54, 1.807) is 12.0 Å². The summed E-state index contributed by atoms with van der Waals surface area (Å²) < 4.78 is 7.44. The van der Waals surface area contributed by atoms with E-state index >= 15 is 0 Å². The van der Waals surface area contributed by atoms with Crippen LogP contribution >= 0.6 is 11.6 Å². The molecule has 0 saturated heterocycles. The van der Waals surface area contributed by atoms with Gasteiger partial charge in [0.15, 0.2) is 0 Å². The third kappa shape index (κ3) is 7.85. The molecule has 0 unspecified atom stereocenters. The summed E-state index contributed by atoms with van der Waals surface area (Å²) in [5.41, 5.74) is 1.41. The van der Waals surface area contributed by atoms with Crippen molar-refractivity contribution in [3.8, 4) is 5.75 Å². The fourth-order valence-corrected chi connectivity index (χ4v) is 4.70. The Bertz CT molecular complexity index is 1360.